The highest BCUT2D eigenvalue weighted by Gasteiger charge is 2.41. The van der Waals surface area contributed by atoms with Crippen molar-refractivity contribution in [1.29, 1.82) is 0 Å². The van der Waals surface area contributed by atoms with Gasteiger partial charge in [0.05, 0.1) is 17.9 Å². The molecule has 0 N–H and O–H groups in total. The number of halogens is 2. The number of nitrogens with zero attached hydrogens (tertiary/aromatic N) is 1. The van der Waals surface area contributed by atoms with Crippen LogP contribution in [0.15, 0.2) is 23.1 Å². The molecule has 2 rings (SSSR count). The zero-order valence-corrected chi connectivity index (χ0v) is 12.4. The van der Waals surface area contributed by atoms with E-state index in [4.69, 9.17) is 0 Å². The Labute approximate surface area is 121 Å². The number of hydrogen-bond donors (Lipinski definition) is 0. The van der Waals surface area contributed by atoms with Gasteiger partial charge in [0, 0.05) is 19.2 Å². The third kappa shape index (κ3) is 3.06. The van der Waals surface area contributed by atoms with Crippen molar-refractivity contribution in [2.45, 2.75) is 11.8 Å². The molecular weight excluding hydrogens is 304 g/mol. The zero-order chi connectivity index (χ0) is 15.8. The third-order valence-corrected chi connectivity index (χ3v) is 5.37. The van der Waals surface area contributed by atoms with E-state index >= 15 is 0 Å². The molecule has 0 bridgehead atoms. The largest absolute Gasteiger partial charge is 0.469 e. The molecule has 21 heavy (non-hydrogen) atoms. The van der Waals surface area contributed by atoms with Gasteiger partial charge in [0.15, 0.2) is 0 Å². The van der Waals surface area contributed by atoms with E-state index in [2.05, 4.69) is 4.74 Å². The van der Waals surface area contributed by atoms with E-state index in [-0.39, 0.29) is 19.0 Å². The van der Waals surface area contributed by atoms with Crippen molar-refractivity contribution in [2.75, 3.05) is 20.2 Å². The highest BCUT2D eigenvalue weighted by Crippen LogP contribution is 2.29. The Balaban J connectivity index is 2.31. The topological polar surface area (TPSA) is 63.7 Å². The van der Waals surface area contributed by atoms with Gasteiger partial charge in [0.2, 0.25) is 10.0 Å². The van der Waals surface area contributed by atoms with Crippen LogP contribution >= 0.6 is 0 Å². The lowest BCUT2D eigenvalue weighted by Crippen LogP contribution is -2.30. The first-order chi connectivity index (χ1) is 9.75. The minimum absolute atomic E-state index is 0.0612. The number of carbonyl (C=O) groups is 1. The monoisotopic (exact) mass is 319 g/mol. The summed E-state index contributed by atoms with van der Waals surface area (Å²) >= 11 is 0. The van der Waals surface area contributed by atoms with E-state index in [1.165, 1.54) is 7.11 Å². The molecular formula is C13H15F2NO4S. The molecule has 0 amide bonds. The number of methoxy groups -OCH3 is 1. The van der Waals surface area contributed by atoms with Gasteiger partial charge in [-0.15, -0.1) is 0 Å². The van der Waals surface area contributed by atoms with Crippen LogP contribution in [0.4, 0.5) is 8.78 Å². The van der Waals surface area contributed by atoms with Gasteiger partial charge < -0.3 is 4.74 Å². The summed E-state index contributed by atoms with van der Waals surface area (Å²) in [6.07, 6.45) is 0. The molecule has 1 heterocycles. The number of ether oxygens (including phenoxy) is 1. The summed E-state index contributed by atoms with van der Waals surface area (Å²) in [7, 11) is -2.82. The standard InChI is InChI=1S/C13H15F2NO4S/c1-8-6-16(7-12(8)13(17)20-2)21(18,19)11-4-9(14)3-10(15)5-11/h3-5,8,12H,6-7H2,1-2H3. The highest BCUT2D eigenvalue weighted by molar-refractivity contribution is 7.89. The minimum Gasteiger partial charge on any atom is -0.469 e. The van der Waals surface area contributed by atoms with Crippen molar-refractivity contribution in [1.82, 2.24) is 4.31 Å². The van der Waals surface area contributed by atoms with Crippen molar-refractivity contribution in [3.05, 3.63) is 29.8 Å². The molecule has 0 aliphatic carbocycles. The van der Waals surface area contributed by atoms with E-state index < -0.39 is 38.4 Å². The molecule has 1 aromatic carbocycles. The van der Waals surface area contributed by atoms with E-state index in [0.29, 0.717) is 6.07 Å². The number of esters is 1. The maximum atomic E-state index is 13.2. The van der Waals surface area contributed by atoms with Gasteiger partial charge in [-0.3, -0.25) is 4.79 Å². The first-order valence-corrected chi connectivity index (χ1v) is 7.73. The maximum absolute atomic E-state index is 13.2. The summed E-state index contributed by atoms with van der Waals surface area (Å²) in [5.74, 6) is -3.24. The lowest BCUT2D eigenvalue weighted by molar-refractivity contribution is -0.145. The minimum atomic E-state index is -4.05. The molecule has 1 aromatic rings. The van der Waals surface area contributed by atoms with Crippen molar-refractivity contribution < 1.29 is 26.7 Å². The van der Waals surface area contributed by atoms with E-state index in [9.17, 15) is 22.0 Å². The van der Waals surface area contributed by atoms with Crippen molar-refractivity contribution in [3.8, 4) is 0 Å². The number of carbonyl (C=O) groups excluding carboxylic acids is 1. The maximum Gasteiger partial charge on any atom is 0.310 e. The zero-order valence-electron chi connectivity index (χ0n) is 11.5. The first kappa shape index (κ1) is 15.8. The first-order valence-electron chi connectivity index (χ1n) is 6.29. The van der Waals surface area contributed by atoms with Crippen LogP contribution in [0.5, 0.6) is 0 Å². The number of sulfonamides is 1. The van der Waals surface area contributed by atoms with Crippen LogP contribution < -0.4 is 0 Å². The van der Waals surface area contributed by atoms with Crippen LogP contribution in [0.3, 0.4) is 0 Å². The molecule has 116 valence electrons. The second-order valence-corrected chi connectivity index (χ2v) is 6.97. The fraction of sp³-hybridized carbons (Fsp3) is 0.462. The Hall–Kier alpha value is -1.54. The van der Waals surface area contributed by atoms with Gasteiger partial charge in [-0.25, -0.2) is 17.2 Å². The van der Waals surface area contributed by atoms with E-state index in [1.807, 2.05) is 0 Å². The van der Waals surface area contributed by atoms with Gasteiger partial charge in [0.1, 0.15) is 11.6 Å². The molecule has 2 atom stereocenters. The highest BCUT2D eigenvalue weighted by atomic mass is 32.2. The molecule has 0 saturated carbocycles. The summed E-state index contributed by atoms with van der Waals surface area (Å²) in [5.41, 5.74) is 0. The second kappa shape index (κ2) is 5.69. The quantitative estimate of drug-likeness (QED) is 0.790. The molecule has 1 aliphatic heterocycles. The van der Waals surface area contributed by atoms with E-state index in [0.717, 1.165) is 16.4 Å². The average molecular weight is 319 g/mol. The molecule has 0 radical (unpaired) electrons. The lowest BCUT2D eigenvalue weighted by Gasteiger charge is -2.16. The normalized spacial score (nSPS) is 23.2. The van der Waals surface area contributed by atoms with Gasteiger partial charge in [0.25, 0.3) is 0 Å². The Morgan fingerprint density at radius 1 is 1.24 bits per heavy atom. The van der Waals surface area contributed by atoms with Gasteiger partial charge in [-0.1, -0.05) is 6.92 Å². The Kier molecular flexibility index (Phi) is 4.29. The molecule has 8 heteroatoms. The molecule has 5 nitrogen and oxygen atoms in total. The fourth-order valence-electron chi connectivity index (χ4n) is 2.40. The summed E-state index contributed by atoms with van der Waals surface area (Å²) in [6, 6.07) is 2.12. The smallest absolute Gasteiger partial charge is 0.310 e. The van der Waals surface area contributed by atoms with Gasteiger partial charge in [-0.05, 0) is 18.1 Å². The Morgan fingerprint density at radius 2 is 1.81 bits per heavy atom. The number of rotatable bonds is 3. The molecule has 0 aromatic heterocycles. The number of hydrogen-bond acceptors (Lipinski definition) is 4. The van der Waals surface area contributed by atoms with Crippen LogP contribution in [-0.2, 0) is 19.6 Å². The molecule has 1 saturated heterocycles. The SMILES string of the molecule is COC(=O)C1CN(S(=O)(=O)c2cc(F)cc(F)c2)CC1C. The molecule has 2 unspecified atom stereocenters. The Morgan fingerprint density at radius 3 is 2.33 bits per heavy atom. The summed E-state index contributed by atoms with van der Waals surface area (Å²) < 4.78 is 56.8. The summed E-state index contributed by atoms with van der Waals surface area (Å²) in [6.45, 7) is 1.76. The van der Waals surface area contributed by atoms with Gasteiger partial charge in [-0.2, -0.15) is 4.31 Å². The molecule has 0 spiro atoms. The van der Waals surface area contributed by atoms with Crippen molar-refractivity contribution in [3.63, 3.8) is 0 Å². The number of benzene rings is 1. The van der Waals surface area contributed by atoms with Gasteiger partial charge >= 0.3 is 5.97 Å². The van der Waals surface area contributed by atoms with E-state index in [1.54, 1.807) is 6.92 Å². The van der Waals surface area contributed by atoms with Crippen molar-refractivity contribution in [2.24, 2.45) is 11.8 Å². The second-order valence-electron chi connectivity index (χ2n) is 5.03. The van der Waals surface area contributed by atoms with Crippen LogP contribution in [0.2, 0.25) is 0 Å². The average Bonchev–Trinajstić information content (AvgIpc) is 2.79. The summed E-state index contributed by atoms with van der Waals surface area (Å²) in [4.78, 5) is 11.1. The molecule has 1 aliphatic rings. The predicted octanol–water partition coefficient (Wildman–Crippen LogP) is 1.39. The van der Waals surface area contributed by atoms with Crippen LogP contribution in [-0.4, -0.2) is 38.9 Å². The predicted molar refractivity (Wildman–Crippen MR) is 69.8 cm³/mol. The third-order valence-electron chi connectivity index (χ3n) is 3.56. The molecule has 1 fully saturated rings. The Bertz CT molecular complexity index is 642. The van der Waals surface area contributed by atoms with Crippen LogP contribution in [0, 0.1) is 23.5 Å². The van der Waals surface area contributed by atoms with Crippen molar-refractivity contribution >= 4 is 16.0 Å². The fourth-order valence-corrected chi connectivity index (χ4v) is 4.01. The van der Waals surface area contributed by atoms with Crippen LogP contribution in [0.25, 0.3) is 0 Å². The van der Waals surface area contributed by atoms with Crippen LogP contribution in [0.1, 0.15) is 6.92 Å². The summed E-state index contributed by atoms with van der Waals surface area (Å²) in [5, 5.41) is 0. The lowest BCUT2D eigenvalue weighted by atomic mass is 9.99.